The number of hydrogen-bond acceptors (Lipinski definition) is 4. The van der Waals surface area contributed by atoms with Gasteiger partial charge in [0.15, 0.2) is 0 Å². The van der Waals surface area contributed by atoms with Gasteiger partial charge in [-0.1, -0.05) is 0 Å². The Morgan fingerprint density at radius 2 is 1.63 bits per heavy atom. The molecule has 1 fully saturated rings. The third-order valence-electron chi connectivity index (χ3n) is 4.77. The molecule has 1 heterocycles. The second kappa shape index (κ2) is 11.2. The first kappa shape index (κ1) is 25.5. The lowest BCUT2D eigenvalue weighted by Gasteiger charge is -2.26. The molecule has 11 heteroatoms. The number of carbonyl (C=O) groups excluding carboxylic acids is 3. The summed E-state index contributed by atoms with van der Waals surface area (Å²) < 4.78 is 1.94. The van der Waals surface area contributed by atoms with E-state index in [1.54, 1.807) is 11.9 Å². The molecule has 0 unspecified atom stereocenters. The summed E-state index contributed by atoms with van der Waals surface area (Å²) >= 11 is 6.23. The predicted molar refractivity (Wildman–Crippen MR) is 139 cm³/mol. The molecule has 1 aliphatic heterocycles. The van der Waals surface area contributed by atoms with Gasteiger partial charge < -0.3 is 20.2 Å². The molecule has 1 aromatic carbocycles. The maximum absolute atomic E-state index is 13.3. The van der Waals surface area contributed by atoms with Gasteiger partial charge in [0.1, 0.15) is 0 Å². The van der Waals surface area contributed by atoms with Gasteiger partial charge in [0.25, 0.3) is 5.91 Å². The van der Waals surface area contributed by atoms with Crippen LogP contribution in [0.2, 0.25) is 0 Å². The van der Waals surface area contributed by atoms with Crippen molar-refractivity contribution in [3.63, 3.8) is 0 Å². The monoisotopic (exact) mass is 753 g/mol. The number of carboxylic acid groups (broad SMARTS) is 1. The maximum atomic E-state index is 13.3. The average molecular weight is 753 g/mol. The molecule has 0 atom stereocenters. The predicted octanol–water partition coefficient (Wildman–Crippen LogP) is 3.91. The lowest BCUT2D eigenvalue weighted by Crippen LogP contribution is -2.32. The summed E-state index contributed by atoms with van der Waals surface area (Å²) in [5, 5.41) is 11.6. The van der Waals surface area contributed by atoms with Crippen molar-refractivity contribution in [2.75, 3.05) is 30.4 Å². The highest BCUT2D eigenvalue weighted by atomic mass is 127. The van der Waals surface area contributed by atoms with Gasteiger partial charge in [-0.25, -0.2) is 0 Å². The lowest BCUT2D eigenvalue weighted by molar-refractivity contribution is -0.137. The molecule has 0 spiro atoms. The number of hydrogen-bond donors (Lipinski definition) is 2. The fraction of sp³-hybridized carbons (Fsp3) is 0.474. The molecular weight excluding hydrogens is 731 g/mol. The third kappa shape index (κ3) is 5.95. The first-order chi connectivity index (χ1) is 14.1. The number of benzene rings is 1. The zero-order valence-corrected chi connectivity index (χ0v) is 23.0. The Kier molecular flexibility index (Phi) is 9.57. The van der Waals surface area contributed by atoms with E-state index < -0.39 is 5.97 Å². The van der Waals surface area contributed by atoms with Crippen LogP contribution in [-0.4, -0.2) is 53.8 Å². The van der Waals surface area contributed by atoms with E-state index in [9.17, 15) is 19.2 Å². The summed E-state index contributed by atoms with van der Waals surface area (Å²) in [5.74, 6) is -1.59. The molecule has 3 amide bonds. The highest BCUT2D eigenvalue weighted by Gasteiger charge is 2.31. The van der Waals surface area contributed by atoms with Crippen LogP contribution in [0.25, 0.3) is 0 Å². The van der Waals surface area contributed by atoms with E-state index in [0.717, 1.165) is 12.8 Å². The minimum Gasteiger partial charge on any atom is -0.481 e. The molecule has 2 N–H and O–H groups in total. The number of nitrogens with zero attached hydrogens (tertiary/aromatic N) is 2. The number of rotatable bonds is 7. The largest absolute Gasteiger partial charge is 0.481 e. The first-order valence-corrected chi connectivity index (χ1v) is 12.6. The summed E-state index contributed by atoms with van der Waals surface area (Å²) in [6.45, 7) is 2.81. The first-order valence-electron chi connectivity index (χ1n) is 9.31. The van der Waals surface area contributed by atoms with Crippen LogP contribution >= 0.6 is 67.8 Å². The Morgan fingerprint density at radius 3 is 2.17 bits per heavy atom. The topological polar surface area (TPSA) is 107 Å². The highest BCUT2D eigenvalue weighted by Crippen LogP contribution is 2.41. The van der Waals surface area contributed by atoms with Crippen LogP contribution in [-0.2, 0) is 14.4 Å². The Bertz CT molecular complexity index is 885. The normalized spacial score (nSPS) is 13.3. The Morgan fingerprint density at radius 1 is 1.03 bits per heavy atom. The number of likely N-dealkylation sites (tertiary alicyclic amines) is 1. The summed E-state index contributed by atoms with van der Waals surface area (Å²) in [6.07, 6.45) is 2.09. The van der Waals surface area contributed by atoms with E-state index in [1.807, 2.05) is 0 Å². The minimum atomic E-state index is -0.954. The van der Waals surface area contributed by atoms with E-state index in [0.29, 0.717) is 40.7 Å². The number of nitrogens with one attached hydrogen (secondary N) is 1. The van der Waals surface area contributed by atoms with Gasteiger partial charge in [0, 0.05) is 39.9 Å². The van der Waals surface area contributed by atoms with Crippen molar-refractivity contribution in [1.29, 1.82) is 0 Å². The molecule has 1 aromatic rings. The summed E-state index contributed by atoms with van der Waals surface area (Å²) in [6, 6.07) is 0. The standard InChI is InChI=1S/C19H22I3N3O5/c1-10(26)24(2)18-15(21)13(19(30)25-8-3-4-9-25)14(20)17(16(18)22)23-11(27)6-5-7-12(28)29/h3-9H2,1-2H3,(H,23,27)(H,28,29). The fourth-order valence-corrected chi connectivity index (χ4v) is 7.70. The molecule has 164 valence electrons. The molecule has 0 bridgehead atoms. The zero-order valence-electron chi connectivity index (χ0n) is 16.6. The van der Waals surface area contributed by atoms with Crippen LogP contribution in [0.15, 0.2) is 0 Å². The van der Waals surface area contributed by atoms with Crippen molar-refractivity contribution in [2.24, 2.45) is 0 Å². The van der Waals surface area contributed by atoms with Crippen molar-refractivity contribution < 1.29 is 24.3 Å². The second-order valence-electron chi connectivity index (χ2n) is 6.91. The molecule has 0 saturated carbocycles. The highest BCUT2D eigenvalue weighted by molar-refractivity contribution is 14.1. The molecule has 8 nitrogen and oxygen atoms in total. The molecule has 2 rings (SSSR count). The van der Waals surface area contributed by atoms with Crippen LogP contribution in [0.5, 0.6) is 0 Å². The summed E-state index contributed by atoms with van der Waals surface area (Å²) in [7, 11) is 1.64. The molecule has 0 radical (unpaired) electrons. The Balaban J connectivity index is 2.51. The number of halogens is 3. The average Bonchev–Trinajstić information content (AvgIpc) is 3.19. The second-order valence-corrected chi connectivity index (χ2v) is 10.1. The van der Waals surface area contributed by atoms with Gasteiger partial charge in [-0.05, 0) is 87.0 Å². The summed E-state index contributed by atoms with van der Waals surface area (Å²) in [5.41, 5.74) is 1.53. The van der Waals surface area contributed by atoms with E-state index in [2.05, 4.69) is 73.1 Å². The van der Waals surface area contributed by atoms with Gasteiger partial charge in [-0.15, -0.1) is 0 Å². The molecule has 0 aromatic heterocycles. The quantitative estimate of drug-likeness (QED) is 0.412. The van der Waals surface area contributed by atoms with Gasteiger partial charge >= 0.3 is 5.97 Å². The van der Waals surface area contributed by atoms with Crippen LogP contribution in [0.1, 0.15) is 49.4 Å². The van der Waals surface area contributed by atoms with E-state index in [4.69, 9.17) is 5.11 Å². The van der Waals surface area contributed by atoms with Crippen molar-refractivity contribution in [1.82, 2.24) is 4.90 Å². The number of aliphatic carboxylic acids is 1. The Hall–Kier alpha value is -0.710. The number of amides is 3. The van der Waals surface area contributed by atoms with Crippen LogP contribution in [0, 0.1) is 10.7 Å². The zero-order chi connectivity index (χ0) is 22.6. The molecule has 1 aliphatic rings. The van der Waals surface area contributed by atoms with Gasteiger partial charge in [0.05, 0.1) is 27.6 Å². The van der Waals surface area contributed by atoms with E-state index in [1.165, 1.54) is 11.8 Å². The van der Waals surface area contributed by atoms with Gasteiger partial charge in [-0.2, -0.15) is 0 Å². The van der Waals surface area contributed by atoms with Crippen LogP contribution in [0.3, 0.4) is 0 Å². The molecule has 30 heavy (non-hydrogen) atoms. The van der Waals surface area contributed by atoms with Crippen molar-refractivity contribution >= 4 is 103 Å². The maximum Gasteiger partial charge on any atom is 0.303 e. The summed E-state index contributed by atoms with van der Waals surface area (Å²) in [4.78, 5) is 51.8. The number of carboxylic acids is 1. The SMILES string of the molecule is CC(=O)N(C)c1c(I)c(NC(=O)CCCC(=O)O)c(I)c(C(=O)N2CCCC2)c1I. The van der Waals surface area contributed by atoms with Gasteiger partial charge in [0.2, 0.25) is 11.8 Å². The van der Waals surface area contributed by atoms with E-state index >= 15 is 0 Å². The smallest absolute Gasteiger partial charge is 0.303 e. The van der Waals surface area contributed by atoms with Crippen LogP contribution < -0.4 is 10.2 Å². The molecular formula is C19H22I3N3O5. The van der Waals surface area contributed by atoms with Crippen molar-refractivity contribution in [3.8, 4) is 0 Å². The fourth-order valence-electron chi connectivity index (χ4n) is 3.08. The van der Waals surface area contributed by atoms with E-state index in [-0.39, 0.29) is 37.0 Å². The number of carbonyl (C=O) groups is 4. The van der Waals surface area contributed by atoms with Crippen molar-refractivity contribution in [3.05, 3.63) is 16.3 Å². The number of anilines is 2. The Labute approximate surface area is 215 Å². The third-order valence-corrected chi connectivity index (χ3v) is 7.95. The van der Waals surface area contributed by atoms with Crippen molar-refractivity contribution in [2.45, 2.75) is 39.0 Å². The lowest BCUT2D eigenvalue weighted by atomic mass is 10.1. The molecule has 0 aliphatic carbocycles. The minimum absolute atomic E-state index is 0.0533. The van der Waals surface area contributed by atoms with Crippen LogP contribution in [0.4, 0.5) is 11.4 Å². The van der Waals surface area contributed by atoms with Gasteiger partial charge in [-0.3, -0.25) is 19.2 Å². The molecule has 1 saturated heterocycles.